The van der Waals surface area contributed by atoms with E-state index in [1.165, 1.54) is 42.4 Å². The topological polar surface area (TPSA) is 51.1 Å². The van der Waals surface area contributed by atoms with Crippen LogP contribution in [0.3, 0.4) is 0 Å². The Morgan fingerprint density at radius 2 is 1.71 bits per heavy atom. The molecule has 1 aliphatic carbocycles. The van der Waals surface area contributed by atoms with Gasteiger partial charge in [0.05, 0.1) is 0 Å². The zero-order valence-electron chi connectivity index (χ0n) is 20.7. The van der Waals surface area contributed by atoms with Crippen molar-refractivity contribution in [3.8, 4) is 5.75 Å². The van der Waals surface area contributed by atoms with Crippen molar-refractivity contribution in [3.05, 3.63) is 64.7 Å². The second-order valence-electron chi connectivity index (χ2n) is 10.0. The molecular weight excluding hydrogens is 424 g/mol. The van der Waals surface area contributed by atoms with Crippen molar-refractivity contribution in [2.45, 2.75) is 71.8 Å². The van der Waals surface area contributed by atoms with Crippen molar-refractivity contribution in [3.63, 3.8) is 0 Å². The fourth-order valence-corrected chi connectivity index (χ4v) is 4.57. The summed E-state index contributed by atoms with van der Waals surface area (Å²) in [5, 5.41) is 4.08. The Morgan fingerprint density at radius 3 is 2.41 bits per heavy atom. The molecule has 2 aromatic carbocycles. The molecule has 5 nitrogen and oxygen atoms in total. The molecule has 0 N–H and O–H groups in total. The second kappa shape index (κ2) is 11.5. The lowest BCUT2D eigenvalue weighted by atomic mass is 9.94. The number of unbranched alkanes of at least 4 members (excludes halogenated alkanes) is 2. The summed E-state index contributed by atoms with van der Waals surface area (Å²) in [6.07, 6.45) is 11.0. The molecule has 0 atom stereocenters. The summed E-state index contributed by atoms with van der Waals surface area (Å²) in [5.74, 6) is 0.875. The van der Waals surface area contributed by atoms with Crippen LogP contribution in [0.2, 0.25) is 0 Å². The Morgan fingerprint density at radius 1 is 0.971 bits per heavy atom. The van der Waals surface area contributed by atoms with Crippen LogP contribution in [-0.4, -0.2) is 36.7 Å². The quantitative estimate of drug-likeness (QED) is 0.234. The number of nitrogens with zero attached hydrogens (tertiary/aromatic N) is 2. The highest BCUT2D eigenvalue weighted by Crippen LogP contribution is 2.53. The predicted octanol–water partition coefficient (Wildman–Crippen LogP) is 6.00. The van der Waals surface area contributed by atoms with E-state index in [0.717, 1.165) is 50.1 Å². The molecule has 1 saturated carbocycles. The summed E-state index contributed by atoms with van der Waals surface area (Å²) in [6, 6.07) is 14.5. The lowest BCUT2D eigenvalue weighted by molar-refractivity contribution is -0.134. The fourth-order valence-electron chi connectivity index (χ4n) is 4.57. The Labute approximate surface area is 204 Å². The van der Waals surface area contributed by atoms with Gasteiger partial charge in [0.2, 0.25) is 0 Å². The zero-order chi connectivity index (χ0) is 23.8. The van der Waals surface area contributed by atoms with Crippen LogP contribution >= 0.6 is 0 Å². The zero-order valence-corrected chi connectivity index (χ0v) is 20.7. The smallest absolute Gasteiger partial charge is 0.260 e. The van der Waals surface area contributed by atoms with E-state index >= 15 is 0 Å². The summed E-state index contributed by atoms with van der Waals surface area (Å²) >= 11 is 0. The van der Waals surface area contributed by atoms with Crippen LogP contribution in [0.1, 0.15) is 67.2 Å². The molecule has 0 aromatic heterocycles. The van der Waals surface area contributed by atoms with Crippen LogP contribution < -0.4 is 4.74 Å². The molecule has 5 heteroatoms. The highest BCUT2D eigenvalue weighted by atomic mass is 16.6. The van der Waals surface area contributed by atoms with E-state index in [1.807, 2.05) is 23.2 Å². The van der Waals surface area contributed by atoms with Gasteiger partial charge in [0.15, 0.2) is 6.61 Å². The summed E-state index contributed by atoms with van der Waals surface area (Å²) in [6.45, 7) is 6.66. The van der Waals surface area contributed by atoms with Gasteiger partial charge in [0, 0.05) is 19.3 Å². The van der Waals surface area contributed by atoms with Gasteiger partial charge < -0.3 is 14.5 Å². The molecule has 34 heavy (non-hydrogen) atoms. The van der Waals surface area contributed by atoms with E-state index in [9.17, 15) is 4.79 Å². The van der Waals surface area contributed by atoms with E-state index in [-0.39, 0.29) is 12.5 Å². The van der Waals surface area contributed by atoms with E-state index in [2.05, 4.69) is 49.3 Å². The molecule has 2 aliphatic rings. The van der Waals surface area contributed by atoms with Gasteiger partial charge in [-0.2, -0.15) is 0 Å². The number of likely N-dealkylation sites (tertiary alicyclic amines) is 1. The molecule has 4 rings (SSSR count). The molecule has 182 valence electrons. The molecule has 1 aliphatic heterocycles. The van der Waals surface area contributed by atoms with Gasteiger partial charge in [-0.15, -0.1) is 0 Å². The number of carbonyl (C=O) groups is 1. The Bertz CT molecular complexity index is 969. The fraction of sp³-hybridized carbons (Fsp3) is 0.517. The standard InChI is InChI=1S/C29H38N2O3/c1-23-7-8-26(20-24(23)2)21-34-30-17-5-3-4-6-25-9-11-27(12-10-25)33-22-28(32)31-18-15-29(13-14-29)16-19-31/h7-12,17,20H,3-6,13-16,18-19,21-22H2,1-2H3. The molecule has 0 unspecified atom stereocenters. The molecule has 0 radical (unpaired) electrons. The summed E-state index contributed by atoms with van der Waals surface area (Å²) in [5.41, 5.74) is 5.60. The number of rotatable bonds is 11. The third-order valence-corrected chi connectivity index (χ3v) is 7.42. The lowest BCUT2D eigenvalue weighted by Gasteiger charge is -2.32. The van der Waals surface area contributed by atoms with Crippen molar-refractivity contribution >= 4 is 12.1 Å². The maximum absolute atomic E-state index is 12.4. The van der Waals surface area contributed by atoms with E-state index in [0.29, 0.717) is 12.0 Å². The third kappa shape index (κ3) is 7.09. The number of hydrogen-bond donors (Lipinski definition) is 0. The average molecular weight is 463 g/mol. The van der Waals surface area contributed by atoms with Gasteiger partial charge in [0.1, 0.15) is 12.4 Å². The van der Waals surface area contributed by atoms with E-state index in [4.69, 9.17) is 9.57 Å². The molecule has 1 saturated heterocycles. The first kappa shape index (κ1) is 24.3. The molecule has 1 heterocycles. The van der Waals surface area contributed by atoms with Crippen molar-refractivity contribution in [1.29, 1.82) is 0 Å². The van der Waals surface area contributed by atoms with Gasteiger partial charge in [-0.3, -0.25) is 4.79 Å². The first-order chi connectivity index (χ1) is 16.5. The summed E-state index contributed by atoms with van der Waals surface area (Å²) in [4.78, 5) is 19.8. The number of oxime groups is 1. The van der Waals surface area contributed by atoms with Gasteiger partial charge >= 0.3 is 0 Å². The third-order valence-electron chi connectivity index (χ3n) is 7.42. The predicted molar refractivity (Wildman–Crippen MR) is 136 cm³/mol. The number of ether oxygens (including phenoxy) is 1. The maximum Gasteiger partial charge on any atom is 0.260 e. The minimum atomic E-state index is 0.110. The Hall–Kier alpha value is -2.82. The van der Waals surface area contributed by atoms with Gasteiger partial charge in [-0.25, -0.2) is 0 Å². The first-order valence-corrected chi connectivity index (χ1v) is 12.7. The van der Waals surface area contributed by atoms with Crippen LogP contribution in [0.4, 0.5) is 0 Å². The SMILES string of the molecule is Cc1ccc(CON=CCCCCc2ccc(OCC(=O)N3CCC4(CC3)CC4)cc2)cc1C. The minimum absolute atomic E-state index is 0.110. The molecule has 1 spiro atoms. The summed E-state index contributed by atoms with van der Waals surface area (Å²) < 4.78 is 5.75. The normalized spacial score (nSPS) is 16.7. The van der Waals surface area contributed by atoms with Gasteiger partial charge in [0.25, 0.3) is 5.91 Å². The molecule has 0 bridgehead atoms. The van der Waals surface area contributed by atoms with Crippen molar-refractivity contribution in [2.24, 2.45) is 10.6 Å². The molecule has 2 aromatic rings. The number of piperidine rings is 1. The van der Waals surface area contributed by atoms with E-state index in [1.54, 1.807) is 0 Å². The first-order valence-electron chi connectivity index (χ1n) is 12.7. The highest BCUT2D eigenvalue weighted by molar-refractivity contribution is 5.77. The van der Waals surface area contributed by atoms with Crippen LogP contribution in [0.25, 0.3) is 0 Å². The second-order valence-corrected chi connectivity index (χ2v) is 10.0. The molecule has 1 amide bonds. The lowest BCUT2D eigenvalue weighted by Crippen LogP contribution is -2.41. The van der Waals surface area contributed by atoms with Crippen molar-refractivity contribution in [2.75, 3.05) is 19.7 Å². The molecule has 2 fully saturated rings. The van der Waals surface area contributed by atoms with Gasteiger partial charge in [-0.1, -0.05) is 35.5 Å². The van der Waals surface area contributed by atoms with Crippen LogP contribution in [0, 0.1) is 19.3 Å². The minimum Gasteiger partial charge on any atom is -0.484 e. The van der Waals surface area contributed by atoms with Crippen molar-refractivity contribution < 1.29 is 14.4 Å². The number of hydrogen-bond acceptors (Lipinski definition) is 4. The van der Waals surface area contributed by atoms with Gasteiger partial charge in [-0.05, 0) is 105 Å². The number of amides is 1. The maximum atomic E-state index is 12.4. The highest BCUT2D eigenvalue weighted by Gasteiger charge is 2.45. The monoisotopic (exact) mass is 462 g/mol. The van der Waals surface area contributed by atoms with Crippen LogP contribution in [0.15, 0.2) is 47.6 Å². The number of carbonyl (C=O) groups excluding carboxylic acids is 1. The largest absolute Gasteiger partial charge is 0.484 e. The summed E-state index contributed by atoms with van der Waals surface area (Å²) in [7, 11) is 0. The molecular formula is C29H38N2O3. The average Bonchev–Trinajstić information content (AvgIpc) is 3.61. The number of benzene rings is 2. The van der Waals surface area contributed by atoms with Crippen LogP contribution in [0.5, 0.6) is 5.75 Å². The van der Waals surface area contributed by atoms with Crippen LogP contribution in [-0.2, 0) is 22.7 Å². The number of aryl methyl sites for hydroxylation is 3. The van der Waals surface area contributed by atoms with Crippen molar-refractivity contribution in [1.82, 2.24) is 4.90 Å². The van der Waals surface area contributed by atoms with E-state index < -0.39 is 0 Å². The Kier molecular flexibility index (Phi) is 8.25. The Balaban J connectivity index is 1.06.